The van der Waals surface area contributed by atoms with Crippen LogP contribution in [0.4, 0.5) is 0 Å². The third-order valence-electron chi connectivity index (χ3n) is 1.65. The zero-order valence-corrected chi connectivity index (χ0v) is 17.5. The van der Waals surface area contributed by atoms with Gasteiger partial charge in [0.1, 0.15) is 8.39 Å². The van der Waals surface area contributed by atoms with Crippen molar-refractivity contribution in [2.75, 3.05) is 0 Å². The van der Waals surface area contributed by atoms with Gasteiger partial charge >= 0.3 is 10.5 Å². The summed E-state index contributed by atoms with van der Waals surface area (Å²) in [5.41, 5.74) is 0. The number of ether oxygens (including phenoxy) is 1. The molecule has 0 heterocycles. The maximum atomic E-state index is 6.38. The van der Waals surface area contributed by atoms with Gasteiger partial charge in [0.15, 0.2) is 0 Å². The fourth-order valence-electron chi connectivity index (χ4n) is 0.832. The van der Waals surface area contributed by atoms with Crippen molar-refractivity contribution < 1.29 is 4.74 Å². The smallest absolute Gasteiger partial charge is 0.465 e. The molecule has 0 bridgehead atoms. The van der Waals surface area contributed by atoms with E-state index in [9.17, 15) is 0 Å². The summed E-state index contributed by atoms with van der Waals surface area (Å²) in [5, 5.41) is 0. The quantitative estimate of drug-likeness (QED) is 0.331. The molecule has 16 heavy (non-hydrogen) atoms. The Morgan fingerprint density at radius 1 is 1.06 bits per heavy atom. The van der Waals surface area contributed by atoms with E-state index in [1.807, 2.05) is 30.3 Å². The average Bonchev–Trinajstić information content (AvgIpc) is 2.18. The largest absolute Gasteiger partial charge is 0.500 e. The van der Waals surface area contributed by atoms with Gasteiger partial charge in [-0.15, -0.1) is 11.6 Å². The molecule has 0 aliphatic carbocycles. The summed E-state index contributed by atoms with van der Waals surface area (Å²) < 4.78 is 4.07. The van der Waals surface area contributed by atoms with Crippen LogP contribution in [0.5, 0.6) is 5.75 Å². The second-order valence-corrected chi connectivity index (χ2v) is 20.3. The second-order valence-electron chi connectivity index (χ2n) is 2.86. The summed E-state index contributed by atoms with van der Waals surface area (Å²) in [5.74, 6) is 0.718. The van der Waals surface area contributed by atoms with Crippen LogP contribution in [-0.2, 0) is 0 Å². The monoisotopic (exact) mass is 574 g/mol. The van der Waals surface area contributed by atoms with Gasteiger partial charge in [0.2, 0.25) is 3.42 Å². The Morgan fingerprint density at radius 2 is 1.56 bits per heavy atom. The van der Waals surface area contributed by atoms with Crippen LogP contribution in [0.2, 0.25) is 0 Å². The van der Waals surface area contributed by atoms with Gasteiger partial charge in [0.05, 0.1) is 0 Å². The van der Waals surface area contributed by atoms with Crippen LogP contribution < -0.4 is 4.74 Å². The molecule has 8 heteroatoms. The molecule has 0 amide bonds. The van der Waals surface area contributed by atoms with Crippen molar-refractivity contribution in [3.05, 3.63) is 30.3 Å². The highest BCUT2D eigenvalue weighted by Gasteiger charge is 2.55. The molecule has 0 spiro atoms. The second kappa shape index (κ2) is 6.61. The lowest BCUT2D eigenvalue weighted by molar-refractivity contribution is 0.278. The number of rotatable bonds is 4. The molecule has 0 N–H and O–H groups in total. The Labute approximate surface area is 143 Å². The van der Waals surface area contributed by atoms with Gasteiger partial charge in [-0.1, -0.05) is 34.1 Å². The van der Waals surface area contributed by atoms with Crippen molar-refractivity contribution in [1.29, 1.82) is 0 Å². The Hall–Kier alpha value is 2.24. The summed E-state index contributed by atoms with van der Waals surface area (Å²) in [6.45, 7) is 0. The van der Waals surface area contributed by atoms with E-state index < -0.39 is 16.6 Å². The number of para-hydroxylation sites is 1. The lowest BCUT2D eigenvalue weighted by Crippen LogP contribution is -2.46. The highest BCUT2D eigenvalue weighted by atomic mass is 79.9. The van der Waals surface area contributed by atoms with Crippen molar-refractivity contribution in [3.8, 4) is 5.75 Å². The lowest BCUT2D eigenvalue weighted by Gasteiger charge is -2.34. The van der Waals surface area contributed by atoms with Gasteiger partial charge in [-0.05, 0) is 44.0 Å². The molecule has 1 atom stereocenters. The van der Waals surface area contributed by atoms with Crippen molar-refractivity contribution in [3.63, 3.8) is 0 Å². The number of benzene rings is 1. The van der Waals surface area contributed by atoms with Crippen LogP contribution in [0, 0.1) is 0 Å². The van der Waals surface area contributed by atoms with Crippen LogP contribution in [0.15, 0.2) is 30.3 Å². The first-order valence-corrected chi connectivity index (χ1v) is 13.8. The van der Waals surface area contributed by atoms with E-state index in [1.54, 1.807) is 0 Å². The number of hydrogen-bond donors (Lipinski definition) is 0. The third-order valence-corrected chi connectivity index (χ3v) is 18.8. The SMILES string of the molecule is Cl[C](Br)([Al]([Br])[Br])C(Br)(Br)Oc1ccccc1. The molecular weight excluding hydrogens is 574 g/mol. The fourth-order valence-corrected chi connectivity index (χ4v) is 8.63. The molecule has 0 radical (unpaired) electrons. The van der Waals surface area contributed by atoms with E-state index in [0.29, 0.717) is 0 Å². The molecule has 0 fully saturated rings. The first kappa shape index (κ1) is 16.3. The zero-order valence-electron chi connectivity index (χ0n) is 7.64. The maximum Gasteiger partial charge on any atom is 0.500 e. The van der Waals surface area contributed by atoms with E-state index in [-0.39, 0.29) is 0 Å². The molecule has 1 aromatic carbocycles. The molecule has 1 unspecified atom stereocenters. The van der Waals surface area contributed by atoms with Gasteiger partial charge in [0.25, 0.3) is 0 Å². The predicted octanol–water partition coefficient (Wildman–Crippen LogP) is 5.66. The van der Waals surface area contributed by atoms with Crippen molar-refractivity contribution >= 4 is 98.0 Å². The van der Waals surface area contributed by atoms with Crippen LogP contribution in [0.3, 0.4) is 0 Å². The molecule has 0 aliphatic heterocycles. The molecule has 1 aromatic rings. The minimum Gasteiger partial charge on any atom is -0.465 e. The maximum absolute atomic E-state index is 6.38. The summed E-state index contributed by atoms with van der Waals surface area (Å²) in [4.78, 5) is 0. The molecule has 0 aliphatic rings. The van der Waals surface area contributed by atoms with Crippen LogP contribution in [0.25, 0.3) is 0 Å². The average molecular weight is 579 g/mol. The summed E-state index contributed by atoms with van der Waals surface area (Å²) in [6.07, 6.45) is 0. The Bertz CT molecular complexity index is 346. The van der Waals surface area contributed by atoms with Gasteiger partial charge < -0.3 is 4.74 Å². The topological polar surface area (TPSA) is 9.23 Å². The van der Waals surface area contributed by atoms with E-state index >= 15 is 0 Å². The van der Waals surface area contributed by atoms with Crippen molar-refractivity contribution in [2.45, 2.75) is 6.06 Å². The molecular formula is C8H5AlBr5ClO. The highest BCUT2D eigenvalue weighted by Crippen LogP contribution is 2.51. The van der Waals surface area contributed by atoms with Crippen molar-refractivity contribution in [2.24, 2.45) is 0 Å². The number of halogens is 6. The normalized spacial score (nSPS) is 15.4. The standard InChI is InChI=1S/C8H5Br3ClO.Al.2BrH/c9-7(12)8(10,11)13-6-4-2-1-3-5-6;;;/h1-5H;;2*1H/q;+2;;/p-2. The van der Waals surface area contributed by atoms with Crippen LogP contribution in [0.1, 0.15) is 0 Å². The van der Waals surface area contributed by atoms with Crippen molar-refractivity contribution in [1.82, 2.24) is 0 Å². The lowest BCUT2D eigenvalue weighted by atomic mass is 10.3. The third kappa shape index (κ3) is 4.13. The minimum absolute atomic E-state index is 0.718. The van der Waals surface area contributed by atoms with Crippen LogP contribution >= 0.6 is 87.5 Å². The van der Waals surface area contributed by atoms with Gasteiger partial charge in [-0.2, -0.15) is 28.1 Å². The van der Waals surface area contributed by atoms with Crippen LogP contribution in [-0.4, -0.2) is 16.6 Å². The molecule has 88 valence electrons. The summed E-state index contributed by atoms with van der Waals surface area (Å²) in [7, 11) is -1.56. The highest BCUT2D eigenvalue weighted by molar-refractivity contribution is 9.50. The van der Waals surface area contributed by atoms with Gasteiger partial charge in [0, 0.05) is 0 Å². The summed E-state index contributed by atoms with van der Waals surface area (Å²) >= 11 is 23.6. The summed E-state index contributed by atoms with van der Waals surface area (Å²) in [6, 6.07) is 9.43. The Morgan fingerprint density at radius 3 is 2.00 bits per heavy atom. The zero-order chi connectivity index (χ0) is 12.4. The fraction of sp³-hybridized carbons (Fsp3) is 0.250. The number of hydrogen-bond acceptors (Lipinski definition) is 1. The van der Waals surface area contributed by atoms with E-state index in [4.69, 9.17) is 16.3 Å². The molecule has 0 aromatic heterocycles. The number of alkyl halides is 4. The van der Waals surface area contributed by atoms with Gasteiger partial charge in [-0.25, -0.2) is 0 Å². The minimum atomic E-state index is -1.56. The Kier molecular flexibility index (Phi) is 6.73. The first-order chi connectivity index (χ1) is 7.27. The first-order valence-electron chi connectivity index (χ1n) is 4.05. The van der Waals surface area contributed by atoms with Gasteiger partial charge in [-0.3, -0.25) is 0 Å². The molecule has 0 saturated heterocycles. The Balaban J connectivity index is 2.87. The molecule has 1 nitrogen and oxygen atoms in total. The van der Waals surface area contributed by atoms with E-state index in [1.165, 1.54) is 0 Å². The van der Waals surface area contributed by atoms with E-state index in [2.05, 4.69) is 75.9 Å². The van der Waals surface area contributed by atoms with E-state index in [0.717, 1.165) is 5.75 Å². The predicted molar refractivity (Wildman–Crippen MR) is 88.8 cm³/mol. The molecule has 1 rings (SSSR count). The molecule has 0 saturated carbocycles.